The average molecular weight is 254 g/mol. The molecule has 0 aliphatic rings. The molecule has 0 aromatic heterocycles. The Morgan fingerprint density at radius 1 is 0.556 bits per heavy atom. The lowest BCUT2D eigenvalue weighted by atomic mass is 9.73. The van der Waals surface area contributed by atoms with Crippen LogP contribution in [0.1, 0.15) is 82.1 Å². The Labute approximate surface area is 115 Å². The van der Waals surface area contributed by atoms with Crippen molar-refractivity contribution < 1.29 is 0 Å². The third-order valence-electron chi connectivity index (χ3n) is 5.10. The highest BCUT2D eigenvalue weighted by Crippen LogP contribution is 2.41. The van der Waals surface area contributed by atoms with Crippen molar-refractivity contribution in [3.8, 4) is 0 Å². The first-order valence-electron chi connectivity index (χ1n) is 7.27. The average Bonchev–Trinajstić information content (AvgIpc) is 2.22. The molecule has 0 heterocycles. The van der Waals surface area contributed by atoms with Gasteiger partial charge in [0.2, 0.25) is 0 Å². The molecular weight excluding hydrogens is 220 g/mol. The second-order valence-electron chi connectivity index (χ2n) is 7.95. The maximum atomic E-state index is 4.78. The predicted octanol–water partition coefficient (Wildman–Crippen LogP) is 5.87. The first-order valence-corrected chi connectivity index (χ1v) is 7.27. The smallest absolute Gasteiger partial charge is 0.0833 e. The molecule has 0 aliphatic carbocycles. The van der Waals surface area contributed by atoms with E-state index in [0.717, 1.165) is 12.8 Å². The third-order valence-corrected chi connectivity index (χ3v) is 5.10. The molecule has 2 atom stereocenters. The SMILES string of the molecule is CCC(C)(N=NC(C)(CC)C(C)(C)C)C(C)(C)C. The monoisotopic (exact) mass is 254 g/mol. The zero-order chi connectivity index (χ0) is 14.8. The Kier molecular flexibility index (Phi) is 5.19. The van der Waals surface area contributed by atoms with Gasteiger partial charge in [-0.15, -0.1) is 0 Å². The number of nitrogens with zero attached hydrogens (tertiary/aromatic N) is 2. The highest BCUT2D eigenvalue weighted by atomic mass is 15.2. The molecule has 0 aromatic carbocycles. The maximum Gasteiger partial charge on any atom is 0.0833 e. The van der Waals surface area contributed by atoms with Gasteiger partial charge in [-0.3, -0.25) is 0 Å². The van der Waals surface area contributed by atoms with Gasteiger partial charge in [0, 0.05) is 0 Å². The van der Waals surface area contributed by atoms with Gasteiger partial charge in [-0.2, -0.15) is 10.2 Å². The minimum atomic E-state index is -0.0886. The van der Waals surface area contributed by atoms with Crippen LogP contribution in [0.15, 0.2) is 10.2 Å². The van der Waals surface area contributed by atoms with Gasteiger partial charge in [0.15, 0.2) is 0 Å². The molecule has 0 aromatic rings. The van der Waals surface area contributed by atoms with Gasteiger partial charge in [0.25, 0.3) is 0 Å². The van der Waals surface area contributed by atoms with Crippen LogP contribution in [0.4, 0.5) is 0 Å². The fraction of sp³-hybridized carbons (Fsp3) is 1.00. The van der Waals surface area contributed by atoms with Gasteiger partial charge in [-0.1, -0.05) is 55.4 Å². The molecule has 0 bridgehead atoms. The second kappa shape index (κ2) is 5.30. The van der Waals surface area contributed by atoms with Gasteiger partial charge in [0.05, 0.1) is 11.1 Å². The first-order chi connectivity index (χ1) is 7.83. The van der Waals surface area contributed by atoms with E-state index in [1.54, 1.807) is 0 Å². The summed E-state index contributed by atoms with van der Waals surface area (Å²) < 4.78 is 0. The van der Waals surface area contributed by atoms with Crippen molar-refractivity contribution in [1.82, 2.24) is 0 Å². The summed E-state index contributed by atoms with van der Waals surface area (Å²) in [6.45, 7) is 22.3. The Hall–Kier alpha value is -0.400. The van der Waals surface area contributed by atoms with E-state index >= 15 is 0 Å². The van der Waals surface area contributed by atoms with Crippen molar-refractivity contribution in [1.29, 1.82) is 0 Å². The molecule has 0 amide bonds. The van der Waals surface area contributed by atoms with Crippen LogP contribution >= 0.6 is 0 Å². The number of hydrogen-bond donors (Lipinski definition) is 0. The molecule has 0 fully saturated rings. The van der Waals surface area contributed by atoms with Crippen molar-refractivity contribution >= 4 is 0 Å². The molecular formula is C16H34N2. The van der Waals surface area contributed by atoms with E-state index in [4.69, 9.17) is 10.2 Å². The summed E-state index contributed by atoms with van der Waals surface area (Å²) in [7, 11) is 0. The molecule has 108 valence electrons. The van der Waals surface area contributed by atoms with E-state index in [0.29, 0.717) is 0 Å². The highest BCUT2D eigenvalue weighted by molar-refractivity contribution is 4.96. The first kappa shape index (κ1) is 17.6. The molecule has 0 saturated heterocycles. The van der Waals surface area contributed by atoms with Gasteiger partial charge in [-0.05, 0) is 37.5 Å². The van der Waals surface area contributed by atoms with E-state index in [9.17, 15) is 0 Å². The topological polar surface area (TPSA) is 24.7 Å². The Bertz CT molecular complexity index is 263. The molecule has 2 heteroatoms. The molecule has 0 saturated carbocycles. The lowest BCUT2D eigenvalue weighted by molar-refractivity contribution is 0.154. The zero-order valence-corrected chi connectivity index (χ0v) is 14.3. The number of hydrogen-bond acceptors (Lipinski definition) is 2. The standard InChI is InChI=1S/C16H34N2/c1-11-15(9,13(3,4)5)17-18-16(10,12-2)14(6,7)8/h11-12H2,1-10H3. The van der Waals surface area contributed by atoms with E-state index in [2.05, 4.69) is 69.2 Å². The van der Waals surface area contributed by atoms with Gasteiger partial charge >= 0.3 is 0 Å². The molecule has 0 spiro atoms. The number of azo groups is 1. The predicted molar refractivity (Wildman–Crippen MR) is 81.2 cm³/mol. The lowest BCUT2D eigenvalue weighted by Crippen LogP contribution is -2.40. The van der Waals surface area contributed by atoms with E-state index in [-0.39, 0.29) is 21.9 Å². The molecule has 2 unspecified atom stereocenters. The minimum absolute atomic E-state index is 0.0886. The van der Waals surface area contributed by atoms with E-state index < -0.39 is 0 Å². The molecule has 0 rings (SSSR count). The maximum absolute atomic E-state index is 4.78. The van der Waals surface area contributed by atoms with Crippen molar-refractivity contribution in [3.05, 3.63) is 0 Å². The Balaban J connectivity index is 5.35. The minimum Gasteiger partial charge on any atom is -0.187 e. The summed E-state index contributed by atoms with van der Waals surface area (Å²) in [4.78, 5) is 0. The normalized spacial score (nSPS) is 20.8. The largest absolute Gasteiger partial charge is 0.187 e. The van der Waals surface area contributed by atoms with Crippen LogP contribution in [0.3, 0.4) is 0 Å². The van der Waals surface area contributed by atoms with Crippen molar-refractivity contribution in [3.63, 3.8) is 0 Å². The van der Waals surface area contributed by atoms with Crippen LogP contribution in [0.25, 0.3) is 0 Å². The summed E-state index contributed by atoms with van der Waals surface area (Å²) in [6.07, 6.45) is 2.04. The molecule has 0 aliphatic heterocycles. The summed E-state index contributed by atoms with van der Waals surface area (Å²) in [5.41, 5.74) is 0.0962. The second-order valence-corrected chi connectivity index (χ2v) is 7.95. The van der Waals surface area contributed by atoms with Crippen molar-refractivity contribution in [2.24, 2.45) is 21.1 Å². The molecule has 0 radical (unpaired) electrons. The fourth-order valence-corrected chi connectivity index (χ4v) is 1.72. The molecule has 0 N–H and O–H groups in total. The van der Waals surface area contributed by atoms with Crippen LogP contribution in [0, 0.1) is 10.8 Å². The van der Waals surface area contributed by atoms with Gasteiger partial charge in [0.1, 0.15) is 0 Å². The fourth-order valence-electron chi connectivity index (χ4n) is 1.72. The zero-order valence-electron chi connectivity index (χ0n) is 14.3. The number of rotatable bonds is 4. The lowest BCUT2D eigenvalue weighted by Gasteiger charge is -2.41. The van der Waals surface area contributed by atoms with Crippen molar-refractivity contribution in [2.75, 3.05) is 0 Å². The van der Waals surface area contributed by atoms with Crippen LogP contribution in [0.5, 0.6) is 0 Å². The van der Waals surface area contributed by atoms with Crippen molar-refractivity contribution in [2.45, 2.75) is 93.2 Å². The van der Waals surface area contributed by atoms with Crippen LogP contribution in [0.2, 0.25) is 0 Å². The summed E-state index contributed by atoms with van der Waals surface area (Å²) in [6, 6.07) is 0. The van der Waals surface area contributed by atoms with Crippen LogP contribution in [-0.4, -0.2) is 11.1 Å². The van der Waals surface area contributed by atoms with Crippen LogP contribution in [-0.2, 0) is 0 Å². The Morgan fingerprint density at radius 3 is 0.889 bits per heavy atom. The molecule has 2 nitrogen and oxygen atoms in total. The van der Waals surface area contributed by atoms with E-state index in [1.165, 1.54) is 0 Å². The Morgan fingerprint density at radius 2 is 0.778 bits per heavy atom. The summed E-state index contributed by atoms with van der Waals surface area (Å²) >= 11 is 0. The quantitative estimate of drug-likeness (QED) is 0.561. The summed E-state index contributed by atoms with van der Waals surface area (Å²) in [5.74, 6) is 0. The summed E-state index contributed by atoms with van der Waals surface area (Å²) in [5, 5.41) is 9.56. The van der Waals surface area contributed by atoms with Gasteiger partial charge < -0.3 is 0 Å². The van der Waals surface area contributed by atoms with Gasteiger partial charge in [-0.25, -0.2) is 0 Å². The third kappa shape index (κ3) is 3.55. The highest BCUT2D eigenvalue weighted by Gasteiger charge is 2.40. The van der Waals surface area contributed by atoms with E-state index in [1.807, 2.05) is 0 Å². The van der Waals surface area contributed by atoms with Crippen LogP contribution < -0.4 is 0 Å². The molecule has 18 heavy (non-hydrogen) atoms.